The maximum atomic E-state index is 12.8. The van der Waals surface area contributed by atoms with Gasteiger partial charge in [0.15, 0.2) is 4.34 Å². The number of carbonyl (C=O) groups is 1. The van der Waals surface area contributed by atoms with Crippen molar-refractivity contribution >= 4 is 60.8 Å². The quantitative estimate of drug-likeness (QED) is 0.533. The Kier molecular flexibility index (Phi) is 5.85. The highest BCUT2D eigenvalue weighted by atomic mass is 35.5. The van der Waals surface area contributed by atoms with Crippen LogP contribution >= 0.6 is 34.7 Å². The summed E-state index contributed by atoms with van der Waals surface area (Å²) in [6, 6.07) is 12.3. The van der Waals surface area contributed by atoms with Crippen LogP contribution in [0.3, 0.4) is 0 Å². The fraction of sp³-hybridized carbons (Fsp3) is 0.263. The van der Waals surface area contributed by atoms with Crippen molar-refractivity contribution in [3.8, 4) is 0 Å². The molecule has 10 heteroatoms. The molecule has 0 unspecified atom stereocenters. The number of halogens is 1. The molecular formula is C19H18ClN3O3S3. The summed E-state index contributed by atoms with van der Waals surface area (Å²) in [5.41, 5.74) is 1.81. The highest BCUT2D eigenvalue weighted by molar-refractivity contribution is 8.01. The minimum atomic E-state index is -3.60. The Labute approximate surface area is 182 Å². The number of carbonyl (C=O) groups excluding carboxylic acids is 1. The molecule has 0 radical (unpaired) electrons. The summed E-state index contributed by atoms with van der Waals surface area (Å²) in [5, 5.41) is 0.627. The third-order valence-corrected chi connectivity index (χ3v) is 8.85. The van der Waals surface area contributed by atoms with Gasteiger partial charge in [0, 0.05) is 18.1 Å². The van der Waals surface area contributed by atoms with Gasteiger partial charge in [-0.1, -0.05) is 41.1 Å². The highest BCUT2D eigenvalue weighted by Crippen LogP contribution is 2.31. The maximum absolute atomic E-state index is 12.8. The molecule has 2 heterocycles. The summed E-state index contributed by atoms with van der Waals surface area (Å²) in [7, 11) is -3.60. The number of thiazole rings is 1. The van der Waals surface area contributed by atoms with Gasteiger partial charge in [0.25, 0.3) is 0 Å². The smallest absolute Gasteiger partial charge is 0.244 e. The van der Waals surface area contributed by atoms with Gasteiger partial charge < -0.3 is 4.90 Å². The summed E-state index contributed by atoms with van der Waals surface area (Å²) in [4.78, 5) is 18.9. The van der Waals surface area contributed by atoms with E-state index in [4.69, 9.17) is 11.6 Å². The van der Waals surface area contributed by atoms with Crippen LogP contribution in [0.2, 0.25) is 5.02 Å². The number of aryl methyl sites for hydroxylation is 1. The molecule has 4 rings (SSSR count). The summed E-state index contributed by atoms with van der Waals surface area (Å²) >= 11 is 8.86. The molecular weight excluding hydrogens is 450 g/mol. The van der Waals surface area contributed by atoms with Gasteiger partial charge in [-0.25, -0.2) is 13.4 Å². The standard InChI is InChI=1S/C19H18ClN3O3S3/c1-13-2-5-15(6-3-13)29(25,26)23-9-8-22(12-23)18(24)11-27-19-21-16-10-14(20)4-7-17(16)28-19/h2-7,10H,8-9,11-12H2,1H3. The van der Waals surface area contributed by atoms with Crippen LogP contribution in [0, 0.1) is 6.92 Å². The number of rotatable bonds is 5. The first-order valence-corrected chi connectivity index (χ1v) is 12.5. The number of fused-ring (bicyclic) bond motifs is 1. The minimum absolute atomic E-state index is 0.0745. The molecule has 0 spiro atoms. The van der Waals surface area contributed by atoms with Gasteiger partial charge in [-0.05, 0) is 37.3 Å². The van der Waals surface area contributed by atoms with Gasteiger partial charge >= 0.3 is 0 Å². The minimum Gasteiger partial charge on any atom is -0.327 e. The van der Waals surface area contributed by atoms with Gasteiger partial charge in [-0.15, -0.1) is 11.3 Å². The molecule has 0 N–H and O–H groups in total. The van der Waals surface area contributed by atoms with Crippen LogP contribution in [-0.2, 0) is 14.8 Å². The van der Waals surface area contributed by atoms with E-state index in [1.807, 2.05) is 19.1 Å². The highest BCUT2D eigenvalue weighted by Gasteiger charge is 2.33. The Hall–Kier alpha value is -1.65. The lowest BCUT2D eigenvalue weighted by Crippen LogP contribution is -2.34. The number of amides is 1. The average molecular weight is 468 g/mol. The molecule has 6 nitrogen and oxygen atoms in total. The summed E-state index contributed by atoms with van der Waals surface area (Å²) in [6.07, 6.45) is 0. The van der Waals surface area contributed by atoms with E-state index in [-0.39, 0.29) is 23.2 Å². The summed E-state index contributed by atoms with van der Waals surface area (Å²) in [5.74, 6) is 0.111. The number of thioether (sulfide) groups is 1. The third-order valence-electron chi connectivity index (χ3n) is 4.61. The van der Waals surface area contributed by atoms with Crippen LogP contribution in [-0.4, -0.2) is 54.0 Å². The first-order chi connectivity index (χ1) is 13.8. The normalized spacial score (nSPS) is 15.3. The molecule has 1 saturated heterocycles. The second-order valence-corrected chi connectivity index (χ2v) is 11.3. The Morgan fingerprint density at radius 1 is 1.21 bits per heavy atom. The monoisotopic (exact) mass is 467 g/mol. The van der Waals surface area contributed by atoms with Crippen LogP contribution in [0.25, 0.3) is 10.2 Å². The van der Waals surface area contributed by atoms with Crippen molar-refractivity contribution < 1.29 is 13.2 Å². The van der Waals surface area contributed by atoms with Gasteiger partial charge in [0.05, 0.1) is 27.5 Å². The molecule has 2 aromatic carbocycles. The Morgan fingerprint density at radius 2 is 1.97 bits per heavy atom. The van der Waals surface area contributed by atoms with Crippen molar-refractivity contribution in [3.05, 3.63) is 53.1 Å². The van der Waals surface area contributed by atoms with E-state index < -0.39 is 10.0 Å². The molecule has 3 aromatic rings. The summed E-state index contributed by atoms with van der Waals surface area (Å²) < 4.78 is 28.7. The maximum Gasteiger partial charge on any atom is 0.244 e. The van der Waals surface area contributed by atoms with Crippen LogP contribution in [0.4, 0.5) is 0 Å². The molecule has 1 aromatic heterocycles. The van der Waals surface area contributed by atoms with Crippen molar-refractivity contribution in [2.75, 3.05) is 25.5 Å². The molecule has 1 aliphatic heterocycles. The van der Waals surface area contributed by atoms with Gasteiger partial charge in [0.1, 0.15) is 0 Å². The molecule has 1 aliphatic rings. The number of aromatic nitrogens is 1. The Morgan fingerprint density at radius 3 is 2.72 bits per heavy atom. The zero-order valence-electron chi connectivity index (χ0n) is 15.5. The van der Waals surface area contributed by atoms with Crippen molar-refractivity contribution in [3.63, 3.8) is 0 Å². The largest absolute Gasteiger partial charge is 0.327 e. The zero-order valence-corrected chi connectivity index (χ0v) is 18.7. The molecule has 152 valence electrons. The lowest BCUT2D eigenvalue weighted by atomic mass is 10.2. The Balaban J connectivity index is 1.38. The number of sulfonamides is 1. The van der Waals surface area contributed by atoms with Gasteiger partial charge in [0.2, 0.25) is 15.9 Å². The number of nitrogens with zero attached hydrogens (tertiary/aromatic N) is 3. The van der Waals surface area contributed by atoms with Crippen LogP contribution in [0.5, 0.6) is 0 Å². The zero-order chi connectivity index (χ0) is 20.6. The van der Waals surface area contributed by atoms with Crippen LogP contribution in [0.15, 0.2) is 51.7 Å². The lowest BCUT2D eigenvalue weighted by Gasteiger charge is -2.18. The second kappa shape index (κ2) is 8.23. The molecule has 0 atom stereocenters. The van der Waals surface area contributed by atoms with Gasteiger partial charge in [-0.2, -0.15) is 4.31 Å². The van der Waals surface area contributed by atoms with Crippen molar-refractivity contribution in [1.29, 1.82) is 0 Å². The predicted molar refractivity (Wildman–Crippen MR) is 117 cm³/mol. The van der Waals surface area contributed by atoms with Crippen LogP contribution in [0.1, 0.15) is 5.56 Å². The second-order valence-electron chi connectivity index (χ2n) is 6.67. The average Bonchev–Trinajstić information content (AvgIpc) is 3.33. The molecule has 0 aliphatic carbocycles. The van der Waals surface area contributed by atoms with E-state index in [2.05, 4.69) is 4.98 Å². The van der Waals surface area contributed by atoms with Crippen molar-refractivity contribution in [1.82, 2.24) is 14.2 Å². The van der Waals surface area contributed by atoms with Crippen molar-refractivity contribution in [2.24, 2.45) is 0 Å². The number of benzene rings is 2. The number of hydrogen-bond donors (Lipinski definition) is 0. The van der Waals surface area contributed by atoms with Crippen LogP contribution < -0.4 is 0 Å². The third kappa shape index (κ3) is 4.44. The Bertz CT molecular complexity index is 1160. The molecule has 29 heavy (non-hydrogen) atoms. The molecule has 0 bridgehead atoms. The van der Waals surface area contributed by atoms with E-state index in [9.17, 15) is 13.2 Å². The fourth-order valence-electron chi connectivity index (χ4n) is 2.98. The lowest BCUT2D eigenvalue weighted by molar-refractivity contribution is -0.127. The first kappa shape index (κ1) is 20.6. The van der Waals surface area contributed by atoms with E-state index >= 15 is 0 Å². The SMILES string of the molecule is Cc1ccc(S(=O)(=O)N2CCN(C(=O)CSc3nc4cc(Cl)ccc4s3)C2)cc1. The molecule has 1 amide bonds. The van der Waals surface area contributed by atoms with Gasteiger partial charge in [-0.3, -0.25) is 4.79 Å². The fourth-order valence-corrected chi connectivity index (χ4v) is 6.49. The van der Waals surface area contributed by atoms with E-state index in [0.717, 1.165) is 20.1 Å². The predicted octanol–water partition coefficient (Wildman–Crippen LogP) is 3.84. The van der Waals surface area contributed by atoms with E-state index in [0.29, 0.717) is 18.1 Å². The number of hydrogen-bond acceptors (Lipinski definition) is 6. The molecule has 0 saturated carbocycles. The van der Waals surface area contributed by atoms with Crippen molar-refractivity contribution in [2.45, 2.75) is 16.2 Å². The van der Waals surface area contributed by atoms with E-state index in [1.165, 1.54) is 27.4 Å². The first-order valence-electron chi connectivity index (χ1n) is 8.86. The topological polar surface area (TPSA) is 70.6 Å². The van der Waals surface area contributed by atoms with E-state index in [1.54, 1.807) is 35.2 Å². The molecule has 1 fully saturated rings. The summed E-state index contributed by atoms with van der Waals surface area (Å²) in [6.45, 7) is 2.67.